The summed E-state index contributed by atoms with van der Waals surface area (Å²) in [7, 11) is 5.81. The lowest BCUT2D eigenvalue weighted by Gasteiger charge is -2.10. The van der Waals surface area contributed by atoms with E-state index >= 15 is 0 Å². The van der Waals surface area contributed by atoms with Crippen LogP contribution < -0.4 is 16.0 Å². The second-order valence-electron chi connectivity index (χ2n) is 9.80. The van der Waals surface area contributed by atoms with Crippen molar-refractivity contribution in [1.29, 1.82) is 0 Å². The number of rotatable bonds is 13. The first-order chi connectivity index (χ1) is 17.9. The Morgan fingerprint density at radius 1 is 1.11 bits per heavy atom. The Hall–Kier alpha value is -3.79. The molecule has 3 N–H and O–H groups in total. The average Bonchev–Trinajstić information content (AvgIpc) is 3.65. The summed E-state index contributed by atoms with van der Waals surface area (Å²) in [6.45, 7) is 2.51. The summed E-state index contributed by atoms with van der Waals surface area (Å²) in [4.78, 5) is 36.9. The minimum Gasteiger partial charge on any atom is -0.370 e. The third-order valence-electron chi connectivity index (χ3n) is 6.17. The Morgan fingerprint density at radius 2 is 1.95 bits per heavy atom. The SMILES string of the molecule is CN(C)CCCCCNC(=O)c1nn(C)cc1NC(=O)c1cccc(-c2ccnc(NCC3CC3)c2)n1. The molecule has 0 atom stereocenters. The van der Waals surface area contributed by atoms with Crippen molar-refractivity contribution in [2.45, 2.75) is 32.1 Å². The van der Waals surface area contributed by atoms with Gasteiger partial charge >= 0.3 is 0 Å². The van der Waals surface area contributed by atoms with Gasteiger partial charge in [0.2, 0.25) is 0 Å². The molecule has 1 aliphatic rings. The van der Waals surface area contributed by atoms with Crippen LogP contribution in [0, 0.1) is 5.92 Å². The van der Waals surface area contributed by atoms with Crippen LogP contribution in [-0.2, 0) is 7.05 Å². The van der Waals surface area contributed by atoms with Gasteiger partial charge in [0, 0.05) is 38.1 Å². The van der Waals surface area contributed by atoms with Crippen molar-refractivity contribution >= 4 is 23.3 Å². The molecule has 3 aromatic rings. The van der Waals surface area contributed by atoms with Crippen molar-refractivity contribution in [3.8, 4) is 11.3 Å². The predicted octanol–water partition coefficient (Wildman–Crippen LogP) is 3.41. The molecule has 2 amide bonds. The van der Waals surface area contributed by atoms with Gasteiger partial charge in [0.05, 0.1) is 11.4 Å². The summed E-state index contributed by atoms with van der Waals surface area (Å²) in [6.07, 6.45) is 8.89. The molecule has 3 heterocycles. The highest BCUT2D eigenvalue weighted by Gasteiger charge is 2.21. The molecule has 0 unspecified atom stereocenters. The summed E-state index contributed by atoms with van der Waals surface area (Å²) < 4.78 is 1.51. The highest BCUT2D eigenvalue weighted by atomic mass is 16.2. The van der Waals surface area contributed by atoms with E-state index in [1.54, 1.807) is 31.6 Å². The number of carbonyl (C=O) groups is 2. The number of aromatic nitrogens is 4. The van der Waals surface area contributed by atoms with Crippen LogP contribution in [-0.4, -0.2) is 70.2 Å². The minimum atomic E-state index is -0.409. The van der Waals surface area contributed by atoms with Crippen LogP contribution >= 0.6 is 0 Å². The molecule has 3 aromatic heterocycles. The summed E-state index contributed by atoms with van der Waals surface area (Å²) in [5, 5.41) is 13.3. The molecule has 10 nitrogen and oxygen atoms in total. The summed E-state index contributed by atoms with van der Waals surface area (Å²) in [6, 6.07) is 9.11. The van der Waals surface area contributed by atoms with E-state index in [9.17, 15) is 9.59 Å². The van der Waals surface area contributed by atoms with E-state index in [0.717, 1.165) is 49.7 Å². The number of anilines is 2. The lowest BCUT2D eigenvalue weighted by molar-refractivity contribution is 0.0948. The number of nitrogens with zero attached hydrogens (tertiary/aromatic N) is 5. The normalized spacial score (nSPS) is 13.0. The highest BCUT2D eigenvalue weighted by molar-refractivity contribution is 6.07. The second-order valence-corrected chi connectivity index (χ2v) is 9.80. The van der Waals surface area contributed by atoms with Crippen LogP contribution in [0.2, 0.25) is 0 Å². The molecule has 0 bridgehead atoms. The third-order valence-corrected chi connectivity index (χ3v) is 6.17. The first kappa shape index (κ1) is 26.3. The van der Waals surface area contributed by atoms with E-state index in [-0.39, 0.29) is 17.3 Å². The molecule has 0 aliphatic heterocycles. The zero-order valence-corrected chi connectivity index (χ0v) is 21.8. The van der Waals surface area contributed by atoms with Gasteiger partial charge in [0.25, 0.3) is 11.8 Å². The van der Waals surface area contributed by atoms with Crippen molar-refractivity contribution in [2.75, 3.05) is 44.4 Å². The van der Waals surface area contributed by atoms with E-state index in [2.05, 4.69) is 35.9 Å². The number of amides is 2. The Kier molecular flexibility index (Phi) is 8.84. The van der Waals surface area contributed by atoms with E-state index < -0.39 is 5.91 Å². The number of unbranched alkanes of at least 4 members (excludes halogenated alkanes) is 2. The molecule has 4 rings (SSSR count). The fraction of sp³-hybridized carbons (Fsp3) is 0.444. The van der Waals surface area contributed by atoms with Crippen molar-refractivity contribution in [1.82, 2.24) is 30.0 Å². The maximum absolute atomic E-state index is 13.0. The fourth-order valence-electron chi connectivity index (χ4n) is 3.93. The maximum Gasteiger partial charge on any atom is 0.274 e. The van der Waals surface area contributed by atoms with Gasteiger partial charge in [0.15, 0.2) is 5.69 Å². The zero-order valence-electron chi connectivity index (χ0n) is 21.8. The summed E-state index contributed by atoms with van der Waals surface area (Å²) >= 11 is 0. The Balaban J connectivity index is 1.37. The van der Waals surface area contributed by atoms with Gasteiger partial charge in [0.1, 0.15) is 11.5 Å². The molecule has 0 aromatic carbocycles. The third kappa shape index (κ3) is 7.85. The predicted molar refractivity (Wildman–Crippen MR) is 145 cm³/mol. The van der Waals surface area contributed by atoms with Crippen LogP contribution in [0.1, 0.15) is 53.1 Å². The van der Waals surface area contributed by atoms with Gasteiger partial charge in [-0.1, -0.05) is 12.5 Å². The number of aryl methyl sites for hydroxylation is 1. The topological polar surface area (TPSA) is 117 Å². The van der Waals surface area contributed by atoms with Gasteiger partial charge < -0.3 is 20.9 Å². The molecule has 196 valence electrons. The van der Waals surface area contributed by atoms with Gasteiger partial charge in [-0.2, -0.15) is 5.10 Å². The Morgan fingerprint density at radius 3 is 2.73 bits per heavy atom. The average molecular weight is 505 g/mol. The van der Waals surface area contributed by atoms with Crippen LogP contribution in [0.25, 0.3) is 11.3 Å². The van der Waals surface area contributed by atoms with Crippen molar-refractivity contribution in [3.05, 3.63) is 54.1 Å². The largest absolute Gasteiger partial charge is 0.370 e. The molecule has 1 saturated carbocycles. The molecule has 0 radical (unpaired) electrons. The van der Waals surface area contributed by atoms with Crippen LogP contribution in [0.5, 0.6) is 0 Å². The van der Waals surface area contributed by atoms with E-state index in [1.165, 1.54) is 17.5 Å². The van der Waals surface area contributed by atoms with Gasteiger partial charge in [-0.15, -0.1) is 0 Å². The molecular formula is C27H36N8O2. The minimum absolute atomic E-state index is 0.181. The zero-order chi connectivity index (χ0) is 26.2. The van der Waals surface area contributed by atoms with Crippen molar-refractivity contribution < 1.29 is 9.59 Å². The van der Waals surface area contributed by atoms with Gasteiger partial charge in [-0.3, -0.25) is 14.3 Å². The molecule has 37 heavy (non-hydrogen) atoms. The molecule has 10 heteroatoms. The van der Waals surface area contributed by atoms with E-state index in [4.69, 9.17) is 0 Å². The highest BCUT2D eigenvalue weighted by Crippen LogP contribution is 2.29. The number of pyridine rings is 2. The fourth-order valence-corrected chi connectivity index (χ4v) is 3.93. The monoisotopic (exact) mass is 504 g/mol. The second kappa shape index (κ2) is 12.4. The standard InChI is InChI=1S/C27H36N8O2/c1-34(2)15-6-4-5-13-29-27(37)25-23(18-35(3)33-25)32-26(36)22-9-7-8-21(31-22)20-12-14-28-24(16-20)30-17-19-10-11-19/h7-9,12,14,16,18-19H,4-6,10-11,13,15,17H2,1-3H3,(H,28,30)(H,29,37)(H,32,36). The molecule has 1 fully saturated rings. The summed E-state index contributed by atoms with van der Waals surface area (Å²) in [5.74, 6) is 0.815. The van der Waals surface area contributed by atoms with E-state index in [0.29, 0.717) is 17.9 Å². The molecule has 0 spiro atoms. The summed E-state index contributed by atoms with van der Waals surface area (Å²) in [5.41, 5.74) is 2.32. The maximum atomic E-state index is 13.0. The molecule has 0 saturated heterocycles. The first-order valence-corrected chi connectivity index (χ1v) is 12.8. The Bertz CT molecular complexity index is 1220. The van der Waals surface area contributed by atoms with Gasteiger partial charge in [-0.25, -0.2) is 9.97 Å². The van der Waals surface area contributed by atoms with Crippen LogP contribution in [0.15, 0.2) is 42.7 Å². The lowest BCUT2D eigenvalue weighted by atomic mass is 10.1. The van der Waals surface area contributed by atoms with Crippen LogP contribution in [0.3, 0.4) is 0 Å². The molecular weight excluding hydrogens is 468 g/mol. The number of carbonyl (C=O) groups excluding carboxylic acids is 2. The Labute approximate surface area is 217 Å². The number of hydrogen-bond acceptors (Lipinski definition) is 7. The number of nitrogens with one attached hydrogen (secondary N) is 3. The van der Waals surface area contributed by atoms with Crippen LogP contribution in [0.4, 0.5) is 11.5 Å². The molecule has 1 aliphatic carbocycles. The number of hydrogen-bond donors (Lipinski definition) is 3. The smallest absolute Gasteiger partial charge is 0.274 e. The lowest BCUT2D eigenvalue weighted by Crippen LogP contribution is -2.26. The first-order valence-electron chi connectivity index (χ1n) is 12.8. The van der Waals surface area contributed by atoms with Crippen molar-refractivity contribution in [2.24, 2.45) is 13.0 Å². The van der Waals surface area contributed by atoms with E-state index in [1.807, 2.05) is 32.3 Å². The quantitative estimate of drug-likeness (QED) is 0.305. The van der Waals surface area contributed by atoms with Crippen molar-refractivity contribution in [3.63, 3.8) is 0 Å². The van der Waals surface area contributed by atoms with Gasteiger partial charge in [-0.05, 0) is 76.5 Å².